The Hall–Kier alpha value is -1.85. The van der Waals surface area contributed by atoms with Crippen LogP contribution in [0.1, 0.15) is 30.9 Å². The van der Waals surface area contributed by atoms with Crippen molar-refractivity contribution in [3.63, 3.8) is 0 Å². The van der Waals surface area contributed by atoms with Crippen LogP contribution >= 0.6 is 0 Å². The van der Waals surface area contributed by atoms with Crippen LogP contribution in [-0.2, 0) is 16.4 Å². The average molecular weight is 318 g/mol. The molecule has 2 aromatic rings. The summed E-state index contributed by atoms with van der Waals surface area (Å²) in [5, 5.41) is 0. The average Bonchev–Trinajstić information content (AvgIpc) is 2.49. The van der Waals surface area contributed by atoms with Crippen molar-refractivity contribution in [3.8, 4) is 0 Å². The molecule has 0 radical (unpaired) electrons. The van der Waals surface area contributed by atoms with Gasteiger partial charge in [0.05, 0.1) is 4.90 Å². The highest BCUT2D eigenvalue weighted by atomic mass is 32.2. The highest BCUT2D eigenvalue weighted by molar-refractivity contribution is 7.89. The fourth-order valence-electron chi connectivity index (χ4n) is 2.13. The van der Waals surface area contributed by atoms with Gasteiger partial charge in [0.15, 0.2) is 0 Å². The lowest BCUT2D eigenvalue weighted by Gasteiger charge is -2.09. The van der Waals surface area contributed by atoms with Crippen LogP contribution in [-0.4, -0.2) is 15.0 Å². The fraction of sp³-hybridized carbons (Fsp3) is 0.294. The summed E-state index contributed by atoms with van der Waals surface area (Å²) in [4.78, 5) is 0.300. The molecule has 2 rings (SSSR count). The minimum absolute atomic E-state index is 0.300. The van der Waals surface area contributed by atoms with E-state index in [-0.39, 0.29) is 0 Å². The number of anilines is 1. The van der Waals surface area contributed by atoms with E-state index in [1.54, 1.807) is 12.1 Å². The van der Waals surface area contributed by atoms with Gasteiger partial charge in [-0.1, -0.05) is 38.1 Å². The summed E-state index contributed by atoms with van der Waals surface area (Å²) < 4.78 is 27.1. The fourth-order valence-corrected chi connectivity index (χ4v) is 3.16. The first-order chi connectivity index (χ1) is 10.4. The molecule has 0 aliphatic heterocycles. The third kappa shape index (κ3) is 4.32. The molecule has 22 heavy (non-hydrogen) atoms. The molecule has 0 unspecified atom stereocenters. The number of nitrogen functional groups attached to an aromatic ring is 1. The molecule has 0 atom stereocenters. The highest BCUT2D eigenvalue weighted by Gasteiger charge is 2.13. The van der Waals surface area contributed by atoms with Crippen LogP contribution in [0.15, 0.2) is 53.4 Å². The quantitative estimate of drug-likeness (QED) is 0.804. The topological polar surface area (TPSA) is 72.2 Å². The van der Waals surface area contributed by atoms with E-state index in [9.17, 15) is 8.42 Å². The molecule has 0 amide bonds. The second-order valence-corrected chi connectivity index (χ2v) is 7.38. The maximum Gasteiger partial charge on any atom is 0.240 e. The van der Waals surface area contributed by atoms with Gasteiger partial charge < -0.3 is 5.73 Å². The van der Waals surface area contributed by atoms with Crippen molar-refractivity contribution < 1.29 is 8.42 Å². The van der Waals surface area contributed by atoms with Crippen LogP contribution in [0.3, 0.4) is 0 Å². The minimum Gasteiger partial charge on any atom is -0.399 e. The van der Waals surface area contributed by atoms with Crippen molar-refractivity contribution in [1.29, 1.82) is 0 Å². The summed E-state index contributed by atoms with van der Waals surface area (Å²) in [6.45, 7) is 4.51. The number of nitrogens with two attached hydrogens (primary N) is 1. The van der Waals surface area contributed by atoms with Gasteiger partial charge in [-0.25, -0.2) is 13.1 Å². The van der Waals surface area contributed by atoms with Gasteiger partial charge in [-0.2, -0.15) is 0 Å². The molecule has 0 spiro atoms. The lowest BCUT2D eigenvalue weighted by molar-refractivity contribution is 0.581. The molecule has 2 aromatic carbocycles. The van der Waals surface area contributed by atoms with Gasteiger partial charge >= 0.3 is 0 Å². The second-order valence-electron chi connectivity index (χ2n) is 5.61. The SMILES string of the molecule is CC(C)c1ccc(S(=O)(=O)NCCc2ccc(N)cc2)cc1. The van der Waals surface area contributed by atoms with E-state index >= 15 is 0 Å². The first-order valence-electron chi connectivity index (χ1n) is 7.32. The van der Waals surface area contributed by atoms with Crippen LogP contribution in [0.5, 0.6) is 0 Å². The van der Waals surface area contributed by atoms with E-state index in [0.717, 1.165) is 11.1 Å². The van der Waals surface area contributed by atoms with Crippen LogP contribution in [0, 0.1) is 0 Å². The Morgan fingerprint density at radius 2 is 1.59 bits per heavy atom. The third-order valence-corrected chi connectivity index (χ3v) is 5.02. The van der Waals surface area contributed by atoms with Crippen molar-refractivity contribution in [3.05, 3.63) is 59.7 Å². The monoisotopic (exact) mass is 318 g/mol. The van der Waals surface area contributed by atoms with E-state index in [0.29, 0.717) is 29.5 Å². The first kappa shape index (κ1) is 16.5. The minimum atomic E-state index is -3.46. The second kappa shape index (κ2) is 6.94. The lowest BCUT2D eigenvalue weighted by atomic mass is 10.0. The number of sulfonamides is 1. The van der Waals surface area contributed by atoms with Crippen molar-refractivity contribution in [1.82, 2.24) is 4.72 Å². The van der Waals surface area contributed by atoms with Crippen LogP contribution in [0.4, 0.5) is 5.69 Å². The largest absolute Gasteiger partial charge is 0.399 e. The van der Waals surface area contributed by atoms with Gasteiger partial charge in [-0.05, 0) is 47.7 Å². The molecule has 0 saturated heterocycles. The molecule has 0 aliphatic carbocycles. The standard InChI is InChI=1S/C17H22N2O2S/c1-13(2)15-5-9-17(10-6-15)22(20,21)19-12-11-14-3-7-16(18)8-4-14/h3-10,13,19H,11-12,18H2,1-2H3. The number of benzene rings is 2. The molecule has 3 N–H and O–H groups in total. The van der Waals surface area contributed by atoms with Crippen LogP contribution in [0.25, 0.3) is 0 Å². The van der Waals surface area contributed by atoms with Gasteiger partial charge in [-0.3, -0.25) is 0 Å². The Morgan fingerprint density at radius 1 is 1.00 bits per heavy atom. The van der Waals surface area contributed by atoms with E-state index < -0.39 is 10.0 Å². The molecular weight excluding hydrogens is 296 g/mol. The zero-order valence-electron chi connectivity index (χ0n) is 12.9. The van der Waals surface area contributed by atoms with Crippen molar-refractivity contribution in [2.24, 2.45) is 0 Å². The summed E-state index contributed by atoms with van der Waals surface area (Å²) >= 11 is 0. The zero-order valence-corrected chi connectivity index (χ0v) is 13.7. The zero-order chi connectivity index (χ0) is 16.2. The number of nitrogens with one attached hydrogen (secondary N) is 1. The Balaban J connectivity index is 1.97. The maximum absolute atomic E-state index is 12.2. The van der Waals surface area contributed by atoms with Crippen LogP contribution in [0.2, 0.25) is 0 Å². The summed E-state index contributed by atoms with van der Waals surface area (Å²) in [6, 6.07) is 14.5. The molecule has 0 fully saturated rings. The Morgan fingerprint density at radius 3 is 2.14 bits per heavy atom. The molecular formula is C17H22N2O2S. The van der Waals surface area contributed by atoms with E-state index in [1.807, 2.05) is 36.4 Å². The Kier molecular flexibility index (Phi) is 5.21. The first-order valence-corrected chi connectivity index (χ1v) is 8.81. The normalized spacial score (nSPS) is 11.8. The summed E-state index contributed by atoms with van der Waals surface area (Å²) in [5.41, 5.74) is 8.50. The number of hydrogen-bond acceptors (Lipinski definition) is 3. The van der Waals surface area contributed by atoms with Gasteiger partial charge in [0, 0.05) is 12.2 Å². The summed E-state index contributed by atoms with van der Waals surface area (Å²) in [5.74, 6) is 0.384. The molecule has 0 bridgehead atoms. The third-order valence-electron chi connectivity index (χ3n) is 3.54. The Bertz CT molecular complexity index is 705. The summed E-state index contributed by atoms with van der Waals surface area (Å²) in [6.07, 6.45) is 0.629. The molecule has 0 saturated carbocycles. The van der Waals surface area contributed by atoms with E-state index in [4.69, 9.17) is 5.73 Å². The van der Waals surface area contributed by atoms with Crippen molar-refractivity contribution in [2.75, 3.05) is 12.3 Å². The Labute approximate surface area is 132 Å². The van der Waals surface area contributed by atoms with Crippen molar-refractivity contribution >= 4 is 15.7 Å². The maximum atomic E-state index is 12.2. The smallest absolute Gasteiger partial charge is 0.240 e. The summed E-state index contributed by atoms with van der Waals surface area (Å²) in [7, 11) is -3.46. The van der Waals surface area contributed by atoms with Gasteiger partial charge in [-0.15, -0.1) is 0 Å². The van der Waals surface area contributed by atoms with Gasteiger partial charge in [0.2, 0.25) is 10.0 Å². The van der Waals surface area contributed by atoms with E-state index in [1.165, 1.54) is 0 Å². The highest BCUT2D eigenvalue weighted by Crippen LogP contribution is 2.17. The molecule has 0 heterocycles. The molecule has 0 aliphatic rings. The lowest BCUT2D eigenvalue weighted by Crippen LogP contribution is -2.26. The van der Waals surface area contributed by atoms with E-state index in [2.05, 4.69) is 18.6 Å². The molecule has 5 heteroatoms. The number of hydrogen-bond donors (Lipinski definition) is 2. The van der Waals surface area contributed by atoms with Gasteiger partial charge in [0.1, 0.15) is 0 Å². The van der Waals surface area contributed by atoms with Gasteiger partial charge in [0.25, 0.3) is 0 Å². The predicted octanol–water partition coefficient (Wildman–Crippen LogP) is 2.91. The van der Waals surface area contributed by atoms with Crippen molar-refractivity contribution in [2.45, 2.75) is 31.1 Å². The molecule has 4 nitrogen and oxygen atoms in total. The predicted molar refractivity (Wildman–Crippen MR) is 90.3 cm³/mol. The number of rotatable bonds is 6. The molecule has 0 aromatic heterocycles. The van der Waals surface area contributed by atoms with Crippen LogP contribution < -0.4 is 10.5 Å². The molecule has 118 valence electrons.